The molecule has 0 amide bonds. The van der Waals surface area contributed by atoms with Gasteiger partial charge in [-0.15, -0.1) is 11.3 Å². The number of hydrogen-bond donors (Lipinski definition) is 1. The van der Waals surface area contributed by atoms with E-state index in [1.54, 1.807) is 12.7 Å². The third kappa shape index (κ3) is 4.68. The van der Waals surface area contributed by atoms with Gasteiger partial charge in [0.15, 0.2) is 0 Å². The van der Waals surface area contributed by atoms with Crippen LogP contribution in [-0.4, -0.2) is 26.5 Å². The topological polar surface area (TPSA) is 72.8 Å². The Hall–Kier alpha value is -2.77. The van der Waals surface area contributed by atoms with E-state index in [0.717, 1.165) is 46.0 Å². The molecule has 0 bridgehead atoms. The molecule has 1 aromatic carbocycles. The molecule has 0 spiro atoms. The monoisotopic (exact) mass is 439 g/mol. The molecule has 3 heterocycles. The van der Waals surface area contributed by atoms with Crippen molar-refractivity contribution in [2.45, 2.75) is 32.8 Å². The van der Waals surface area contributed by atoms with Crippen molar-refractivity contribution in [3.63, 3.8) is 0 Å². The van der Waals surface area contributed by atoms with Gasteiger partial charge in [0.1, 0.15) is 35.7 Å². The molecule has 0 aliphatic heterocycles. The lowest BCUT2D eigenvalue weighted by Crippen LogP contribution is -2.07. The van der Waals surface area contributed by atoms with E-state index >= 15 is 0 Å². The second-order valence-electron chi connectivity index (χ2n) is 7.17. The first-order valence-electron chi connectivity index (χ1n) is 9.74. The standard InChI is InChI=1S/C22H22ClN5OS/c1-14(2)17-9-24-12-26-19(17)10-29-16-5-3-15(4-6-16)7-8-25-21-20-18(23)11-30-22(20)28-13-27-21/h3-6,9,11-14H,7-8,10H2,1-2H3,(H,25,27,28). The predicted octanol–water partition coefficient (Wildman–Crippen LogP) is 5.49. The first kappa shape index (κ1) is 20.5. The number of fused-ring (bicyclic) bond motifs is 1. The molecule has 0 fully saturated rings. The summed E-state index contributed by atoms with van der Waals surface area (Å²) in [5, 5.41) is 6.82. The van der Waals surface area contributed by atoms with E-state index in [2.05, 4.69) is 51.2 Å². The van der Waals surface area contributed by atoms with Gasteiger partial charge in [-0.25, -0.2) is 19.9 Å². The molecule has 3 aromatic heterocycles. The van der Waals surface area contributed by atoms with Crippen LogP contribution in [0.5, 0.6) is 5.75 Å². The van der Waals surface area contributed by atoms with Gasteiger partial charge in [-0.05, 0) is 35.6 Å². The molecular formula is C22H22ClN5OS. The van der Waals surface area contributed by atoms with Gasteiger partial charge in [0.2, 0.25) is 0 Å². The van der Waals surface area contributed by atoms with E-state index in [0.29, 0.717) is 17.5 Å². The van der Waals surface area contributed by atoms with E-state index in [1.165, 1.54) is 16.9 Å². The fourth-order valence-corrected chi connectivity index (χ4v) is 4.31. The van der Waals surface area contributed by atoms with Crippen molar-refractivity contribution >= 4 is 39.0 Å². The lowest BCUT2D eigenvalue weighted by Gasteiger charge is -2.12. The minimum atomic E-state index is 0.361. The molecule has 6 nitrogen and oxygen atoms in total. The smallest absolute Gasteiger partial charge is 0.139 e. The molecule has 0 radical (unpaired) electrons. The zero-order valence-electron chi connectivity index (χ0n) is 16.8. The number of halogens is 1. The minimum Gasteiger partial charge on any atom is -0.487 e. The van der Waals surface area contributed by atoms with Crippen molar-refractivity contribution in [1.29, 1.82) is 0 Å². The van der Waals surface area contributed by atoms with E-state index in [-0.39, 0.29) is 0 Å². The van der Waals surface area contributed by atoms with Crippen LogP contribution < -0.4 is 10.1 Å². The zero-order valence-corrected chi connectivity index (χ0v) is 18.4. The Bertz CT molecular complexity index is 1130. The molecule has 4 rings (SSSR count). The van der Waals surface area contributed by atoms with Gasteiger partial charge in [-0.2, -0.15) is 0 Å². The maximum Gasteiger partial charge on any atom is 0.139 e. The molecule has 0 saturated carbocycles. The summed E-state index contributed by atoms with van der Waals surface area (Å²) in [4.78, 5) is 18.0. The van der Waals surface area contributed by atoms with Crippen molar-refractivity contribution in [2.24, 2.45) is 0 Å². The first-order valence-corrected chi connectivity index (χ1v) is 11.0. The summed E-state index contributed by atoms with van der Waals surface area (Å²) in [6.45, 7) is 5.44. The number of anilines is 1. The molecule has 30 heavy (non-hydrogen) atoms. The number of rotatable bonds is 8. The average molecular weight is 440 g/mol. The summed E-state index contributed by atoms with van der Waals surface area (Å²) in [7, 11) is 0. The van der Waals surface area contributed by atoms with Gasteiger partial charge in [-0.3, -0.25) is 0 Å². The van der Waals surface area contributed by atoms with E-state index < -0.39 is 0 Å². The van der Waals surface area contributed by atoms with Gasteiger partial charge in [-0.1, -0.05) is 37.6 Å². The second-order valence-corrected chi connectivity index (χ2v) is 8.44. The molecule has 0 aliphatic carbocycles. The highest BCUT2D eigenvalue weighted by Crippen LogP contribution is 2.32. The number of nitrogens with zero attached hydrogens (tertiary/aromatic N) is 4. The fraction of sp³-hybridized carbons (Fsp3) is 0.273. The Kier molecular flexibility index (Phi) is 6.40. The number of hydrogen-bond acceptors (Lipinski definition) is 7. The van der Waals surface area contributed by atoms with Crippen LogP contribution in [-0.2, 0) is 13.0 Å². The Morgan fingerprint density at radius 1 is 1.10 bits per heavy atom. The summed E-state index contributed by atoms with van der Waals surface area (Å²) in [6, 6.07) is 8.13. The maximum absolute atomic E-state index is 6.26. The third-order valence-corrected chi connectivity index (χ3v) is 6.09. The molecule has 8 heteroatoms. The van der Waals surface area contributed by atoms with Crippen molar-refractivity contribution < 1.29 is 4.74 Å². The van der Waals surface area contributed by atoms with Crippen LogP contribution >= 0.6 is 22.9 Å². The van der Waals surface area contributed by atoms with E-state index in [1.807, 2.05) is 23.7 Å². The molecule has 0 saturated heterocycles. The number of aromatic nitrogens is 4. The van der Waals surface area contributed by atoms with Gasteiger partial charge in [0, 0.05) is 18.1 Å². The molecule has 0 aliphatic rings. The van der Waals surface area contributed by atoms with Crippen molar-refractivity contribution in [2.75, 3.05) is 11.9 Å². The van der Waals surface area contributed by atoms with Crippen LogP contribution in [0.1, 0.15) is 36.6 Å². The Balaban J connectivity index is 1.32. The Labute approximate surface area is 184 Å². The molecule has 1 N–H and O–H groups in total. The Morgan fingerprint density at radius 3 is 2.73 bits per heavy atom. The van der Waals surface area contributed by atoms with Crippen LogP contribution in [0.25, 0.3) is 10.2 Å². The number of thiophene rings is 1. The normalized spacial score (nSPS) is 11.2. The minimum absolute atomic E-state index is 0.361. The van der Waals surface area contributed by atoms with Crippen molar-refractivity contribution in [1.82, 2.24) is 19.9 Å². The number of benzene rings is 1. The zero-order chi connectivity index (χ0) is 20.9. The third-order valence-electron chi connectivity index (χ3n) is 4.78. The van der Waals surface area contributed by atoms with Crippen LogP contribution in [0.15, 0.2) is 48.5 Å². The lowest BCUT2D eigenvalue weighted by molar-refractivity contribution is 0.299. The lowest BCUT2D eigenvalue weighted by atomic mass is 10.0. The highest BCUT2D eigenvalue weighted by atomic mass is 35.5. The Morgan fingerprint density at radius 2 is 1.93 bits per heavy atom. The summed E-state index contributed by atoms with van der Waals surface area (Å²) >= 11 is 7.78. The SMILES string of the molecule is CC(C)c1cncnc1COc1ccc(CCNc2ncnc3scc(Cl)c23)cc1. The van der Waals surface area contributed by atoms with Crippen molar-refractivity contribution in [3.8, 4) is 5.75 Å². The summed E-state index contributed by atoms with van der Waals surface area (Å²) in [6.07, 6.45) is 5.85. The van der Waals surface area contributed by atoms with Crippen molar-refractivity contribution in [3.05, 3.63) is 70.3 Å². The largest absolute Gasteiger partial charge is 0.487 e. The van der Waals surface area contributed by atoms with Gasteiger partial charge in [0.25, 0.3) is 0 Å². The van der Waals surface area contributed by atoms with Crippen LogP contribution in [0.4, 0.5) is 5.82 Å². The fourth-order valence-electron chi connectivity index (χ4n) is 3.17. The molecule has 0 unspecified atom stereocenters. The second kappa shape index (κ2) is 9.36. The first-order chi connectivity index (χ1) is 14.6. The van der Waals surface area contributed by atoms with Crippen LogP contribution in [0.3, 0.4) is 0 Å². The molecular weight excluding hydrogens is 418 g/mol. The predicted molar refractivity (Wildman–Crippen MR) is 122 cm³/mol. The molecule has 4 aromatic rings. The number of nitrogens with one attached hydrogen (secondary N) is 1. The summed E-state index contributed by atoms with van der Waals surface area (Å²) < 4.78 is 5.93. The van der Waals surface area contributed by atoms with Crippen LogP contribution in [0, 0.1) is 0 Å². The van der Waals surface area contributed by atoms with E-state index in [4.69, 9.17) is 16.3 Å². The van der Waals surface area contributed by atoms with Gasteiger partial charge in [0.05, 0.1) is 16.1 Å². The maximum atomic E-state index is 6.26. The van der Waals surface area contributed by atoms with E-state index in [9.17, 15) is 0 Å². The molecule has 0 atom stereocenters. The van der Waals surface area contributed by atoms with Crippen LogP contribution in [0.2, 0.25) is 5.02 Å². The highest BCUT2D eigenvalue weighted by Gasteiger charge is 2.10. The molecule has 154 valence electrons. The summed E-state index contributed by atoms with van der Waals surface area (Å²) in [5.74, 6) is 1.96. The average Bonchev–Trinajstić information content (AvgIpc) is 3.15. The van der Waals surface area contributed by atoms with Gasteiger partial charge < -0.3 is 10.1 Å². The van der Waals surface area contributed by atoms with Gasteiger partial charge >= 0.3 is 0 Å². The highest BCUT2D eigenvalue weighted by molar-refractivity contribution is 7.17. The summed E-state index contributed by atoms with van der Waals surface area (Å²) in [5.41, 5.74) is 3.25. The quantitative estimate of drug-likeness (QED) is 0.391. The number of ether oxygens (including phenoxy) is 1.